The summed E-state index contributed by atoms with van der Waals surface area (Å²) in [6, 6.07) is 9.87. The third-order valence-corrected chi connectivity index (χ3v) is 3.69. The monoisotopic (exact) mass is 448 g/mol. The van der Waals surface area contributed by atoms with Crippen molar-refractivity contribution in [1.29, 1.82) is 0 Å². The summed E-state index contributed by atoms with van der Waals surface area (Å²) in [5.41, 5.74) is 0. The third kappa shape index (κ3) is 8.16. The van der Waals surface area contributed by atoms with Crippen LogP contribution in [0.2, 0.25) is 0 Å². The summed E-state index contributed by atoms with van der Waals surface area (Å²) in [7, 11) is 3.90. The van der Waals surface area contributed by atoms with Crippen LogP contribution in [0.1, 0.15) is 6.42 Å². The minimum absolute atomic E-state index is 0. The highest BCUT2D eigenvalue weighted by Crippen LogP contribution is 2.08. The summed E-state index contributed by atoms with van der Waals surface area (Å²) in [6.07, 6.45) is 1.13. The van der Waals surface area contributed by atoms with Crippen molar-refractivity contribution >= 4 is 29.9 Å². The fourth-order valence-electron chi connectivity index (χ4n) is 2.41. The summed E-state index contributed by atoms with van der Waals surface area (Å²) in [5.74, 6) is 1.72. The standard InChI is InChI=1S/C17H28N4O2.HI/c1-18-17(20-13-16-14-21(2)10-12-23-16)19-9-6-11-22-15-7-4-3-5-8-15;/h3-5,7-8,16H,6,9-14H2,1-2H3,(H2,18,19,20);1H. The number of nitrogens with one attached hydrogen (secondary N) is 2. The molecule has 6 nitrogen and oxygen atoms in total. The number of para-hydroxylation sites is 1. The van der Waals surface area contributed by atoms with Crippen LogP contribution in [0.3, 0.4) is 0 Å². The van der Waals surface area contributed by atoms with Crippen LogP contribution >= 0.6 is 24.0 Å². The van der Waals surface area contributed by atoms with Gasteiger partial charge in [-0.1, -0.05) is 18.2 Å². The molecule has 2 N–H and O–H groups in total. The Morgan fingerprint density at radius 2 is 2.12 bits per heavy atom. The lowest BCUT2D eigenvalue weighted by atomic mass is 10.3. The fourth-order valence-corrected chi connectivity index (χ4v) is 2.41. The summed E-state index contributed by atoms with van der Waals surface area (Å²) in [5, 5.41) is 6.61. The van der Waals surface area contributed by atoms with Crippen LogP contribution in [-0.2, 0) is 4.74 Å². The Labute approximate surface area is 162 Å². The van der Waals surface area contributed by atoms with Gasteiger partial charge in [-0.25, -0.2) is 0 Å². The first kappa shape index (κ1) is 21.0. The molecule has 1 atom stereocenters. The number of rotatable bonds is 7. The van der Waals surface area contributed by atoms with E-state index in [9.17, 15) is 0 Å². The van der Waals surface area contributed by atoms with Crippen molar-refractivity contribution in [3.05, 3.63) is 30.3 Å². The van der Waals surface area contributed by atoms with Gasteiger partial charge in [0.15, 0.2) is 5.96 Å². The van der Waals surface area contributed by atoms with Crippen LogP contribution in [-0.4, -0.2) is 70.5 Å². The second-order valence-corrected chi connectivity index (χ2v) is 5.65. The third-order valence-electron chi connectivity index (χ3n) is 3.69. The molecule has 1 saturated heterocycles. The Hall–Kier alpha value is -1.06. The van der Waals surface area contributed by atoms with Crippen molar-refractivity contribution in [1.82, 2.24) is 15.5 Å². The minimum Gasteiger partial charge on any atom is -0.494 e. The Kier molecular flexibility index (Phi) is 10.8. The molecular formula is C17H29IN4O2. The second-order valence-electron chi connectivity index (χ2n) is 5.65. The van der Waals surface area contributed by atoms with Gasteiger partial charge >= 0.3 is 0 Å². The molecule has 1 aliphatic rings. The molecule has 136 valence electrons. The number of ether oxygens (including phenoxy) is 2. The largest absolute Gasteiger partial charge is 0.494 e. The molecular weight excluding hydrogens is 419 g/mol. The molecule has 24 heavy (non-hydrogen) atoms. The van der Waals surface area contributed by atoms with Gasteiger partial charge in [-0.05, 0) is 25.6 Å². The van der Waals surface area contributed by atoms with E-state index in [0.717, 1.165) is 50.9 Å². The molecule has 0 saturated carbocycles. The smallest absolute Gasteiger partial charge is 0.191 e. The lowest BCUT2D eigenvalue weighted by molar-refractivity contribution is -0.0161. The number of morpholine rings is 1. The molecule has 0 spiro atoms. The number of hydrogen-bond donors (Lipinski definition) is 2. The second kappa shape index (κ2) is 12.3. The zero-order valence-electron chi connectivity index (χ0n) is 14.5. The molecule has 1 fully saturated rings. The van der Waals surface area contributed by atoms with E-state index in [1.165, 1.54) is 0 Å². The number of likely N-dealkylation sites (N-methyl/N-ethyl adjacent to an activating group) is 1. The van der Waals surface area contributed by atoms with E-state index >= 15 is 0 Å². The van der Waals surface area contributed by atoms with Gasteiger partial charge in [0.2, 0.25) is 0 Å². The lowest BCUT2D eigenvalue weighted by Crippen LogP contribution is -2.48. The topological polar surface area (TPSA) is 58.1 Å². The van der Waals surface area contributed by atoms with E-state index < -0.39 is 0 Å². The quantitative estimate of drug-likeness (QED) is 0.287. The zero-order chi connectivity index (χ0) is 16.3. The molecule has 0 amide bonds. The van der Waals surface area contributed by atoms with Gasteiger partial charge in [-0.2, -0.15) is 0 Å². The number of guanidine groups is 1. The predicted molar refractivity (Wildman–Crippen MR) is 109 cm³/mol. The van der Waals surface area contributed by atoms with Gasteiger partial charge in [0.05, 0.1) is 19.3 Å². The maximum atomic E-state index is 5.73. The summed E-state index contributed by atoms with van der Waals surface area (Å²) in [4.78, 5) is 6.52. The van der Waals surface area contributed by atoms with Crippen LogP contribution in [0.25, 0.3) is 0 Å². The molecule has 0 aromatic heterocycles. The van der Waals surface area contributed by atoms with Gasteiger partial charge in [0.1, 0.15) is 5.75 Å². The van der Waals surface area contributed by atoms with E-state index in [0.29, 0.717) is 6.61 Å². The average Bonchev–Trinajstić information content (AvgIpc) is 2.58. The Bertz CT molecular complexity index is 473. The summed E-state index contributed by atoms with van der Waals surface area (Å²) >= 11 is 0. The molecule has 1 aromatic rings. The maximum absolute atomic E-state index is 5.73. The molecule has 2 rings (SSSR count). The Morgan fingerprint density at radius 3 is 2.83 bits per heavy atom. The Balaban J connectivity index is 0.00000288. The van der Waals surface area contributed by atoms with Gasteiger partial charge in [-0.15, -0.1) is 24.0 Å². The number of nitrogens with zero attached hydrogens (tertiary/aromatic N) is 2. The van der Waals surface area contributed by atoms with Crippen molar-refractivity contribution in [3.8, 4) is 5.75 Å². The van der Waals surface area contributed by atoms with E-state index in [4.69, 9.17) is 9.47 Å². The lowest BCUT2D eigenvalue weighted by Gasteiger charge is -2.30. The van der Waals surface area contributed by atoms with E-state index in [-0.39, 0.29) is 30.1 Å². The van der Waals surface area contributed by atoms with Crippen molar-refractivity contribution in [2.24, 2.45) is 4.99 Å². The van der Waals surface area contributed by atoms with E-state index in [1.54, 1.807) is 7.05 Å². The van der Waals surface area contributed by atoms with Crippen LogP contribution in [0.15, 0.2) is 35.3 Å². The van der Waals surface area contributed by atoms with Crippen molar-refractivity contribution in [2.75, 3.05) is 53.5 Å². The maximum Gasteiger partial charge on any atom is 0.191 e. The normalized spacial score (nSPS) is 18.6. The van der Waals surface area contributed by atoms with Crippen LogP contribution in [0.4, 0.5) is 0 Å². The summed E-state index contributed by atoms with van der Waals surface area (Å²) < 4.78 is 11.4. The van der Waals surface area contributed by atoms with Gasteiger partial charge in [0.25, 0.3) is 0 Å². The van der Waals surface area contributed by atoms with Crippen molar-refractivity contribution in [3.63, 3.8) is 0 Å². The number of aliphatic imine (C=N–C) groups is 1. The van der Waals surface area contributed by atoms with Gasteiger partial charge < -0.3 is 25.0 Å². The average molecular weight is 448 g/mol. The molecule has 7 heteroatoms. The first-order valence-corrected chi connectivity index (χ1v) is 8.20. The minimum atomic E-state index is 0. The SMILES string of the molecule is CN=C(NCCCOc1ccccc1)NCC1CN(C)CCO1.I. The van der Waals surface area contributed by atoms with Crippen molar-refractivity contribution < 1.29 is 9.47 Å². The van der Waals surface area contributed by atoms with E-state index in [2.05, 4.69) is 27.6 Å². The highest BCUT2D eigenvalue weighted by molar-refractivity contribution is 14.0. The van der Waals surface area contributed by atoms with E-state index in [1.807, 2.05) is 30.3 Å². The Morgan fingerprint density at radius 1 is 1.33 bits per heavy atom. The number of halogens is 1. The van der Waals surface area contributed by atoms with Crippen LogP contribution in [0.5, 0.6) is 5.75 Å². The molecule has 1 aliphatic heterocycles. The highest BCUT2D eigenvalue weighted by Gasteiger charge is 2.17. The highest BCUT2D eigenvalue weighted by atomic mass is 127. The van der Waals surface area contributed by atoms with Gasteiger partial charge in [0, 0.05) is 33.2 Å². The van der Waals surface area contributed by atoms with Crippen LogP contribution in [0, 0.1) is 0 Å². The molecule has 0 bridgehead atoms. The first-order chi connectivity index (χ1) is 11.3. The van der Waals surface area contributed by atoms with Gasteiger partial charge in [-0.3, -0.25) is 4.99 Å². The van der Waals surface area contributed by atoms with Crippen molar-refractivity contribution in [2.45, 2.75) is 12.5 Å². The molecule has 1 unspecified atom stereocenters. The fraction of sp³-hybridized carbons (Fsp3) is 0.588. The number of benzene rings is 1. The number of hydrogen-bond acceptors (Lipinski definition) is 4. The molecule has 1 aromatic carbocycles. The molecule has 0 aliphatic carbocycles. The predicted octanol–water partition coefficient (Wildman–Crippen LogP) is 1.57. The zero-order valence-corrected chi connectivity index (χ0v) is 16.9. The van der Waals surface area contributed by atoms with Crippen LogP contribution < -0.4 is 15.4 Å². The summed E-state index contributed by atoms with van der Waals surface area (Å²) in [6.45, 7) is 5.03. The molecule has 1 heterocycles. The molecule has 0 radical (unpaired) electrons. The first-order valence-electron chi connectivity index (χ1n) is 8.20.